The SMILES string of the molecule is COc1ccc(CNCc2ccn(C(C)C)n2)c(OC)c1. The van der Waals surface area contributed by atoms with E-state index in [1.165, 1.54) is 0 Å². The van der Waals surface area contributed by atoms with Crippen LogP contribution in [0.15, 0.2) is 30.5 Å². The molecule has 1 heterocycles. The molecule has 0 bridgehead atoms. The van der Waals surface area contributed by atoms with Crippen LogP contribution >= 0.6 is 0 Å². The van der Waals surface area contributed by atoms with Gasteiger partial charge >= 0.3 is 0 Å². The highest BCUT2D eigenvalue weighted by Crippen LogP contribution is 2.24. The zero-order chi connectivity index (χ0) is 15.2. The zero-order valence-corrected chi connectivity index (χ0v) is 13.1. The summed E-state index contributed by atoms with van der Waals surface area (Å²) in [6.45, 7) is 5.69. The monoisotopic (exact) mass is 289 g/mol. The molecule has 0 aliphatic carbocycles. The molecule has 0 spiro atoms. The minimum atomic E-state index is 0.389. The molecule has 114 valence electrons. The summed E-state index contributed by atoms with van der Waals surface area (Å²) in [6, 6.07) is 8.27. The van der Waals surface area contributed by atoms with Crippen LogP contribution in [0.3, 0.4) is 0 Å². The Hall–Kier alpha value is -2.01. The van der Waals surface area contributed by atoms with E-state index in [0.717, 1.165) is 35.8 Å². The molecule has 0 aliphatic rings. The second kappa shape index (κ2) is 7.13. The molecule has 0 fully saturated rings. The predicted octanol–water partition coefficient (Wildman–Crippen LogP) is 2.77. The lowest BCUT2D eigenvalue weighted by Gasteiger charge is -2.11. The number of rotatable bonds is 7. The van der Waals surface area contributed by atoms with Crippen molar-refractivity contribution in [1.29, 1.82) is 0 Å². The Morgan fingerprint density at radius 2 is 1.95 bits per heavy atom. The van der Waals surface area contributed by atoms with Gasteiger partial charge in [-0.25, -0.2) is 0 Å². The van der Waals surface area contributed by atoms with Crippen LogP contribution in [0.25, 0.3) is 0 Å². The number of nitrogens with zero attached hydrogens (tertiary/aromatic N) is 2. The van der Waals surface area contributed by atoms with Crippen LogP contribution in [0.5, 0.6) is 11.5 Å². The van der Waals surface area contributed by atoms with E-state index in [2.05, 4.69) is 24.3 Å². The maximum Gasteiger partial charge on any atom is 0.127 e. The number of ether oxygens (including phenoxy) is 2. The van der Waals surface area contributed by atoms with E-state index in [1.54, 1.807) is 14.2 Å². The van der Waals surface area contributed by atoms with Gasteiger partial charge < -0.3 is 14.8 Å². The normalized spacial score (nSPS) is 10.9. The number of hydrogen-bond acceptors (Lipinski definition) is 4. The molecule has 0 radical (unpaired) electrons. The van der Waals surface area contributed by atoms with Gasteiger partial charge in [0.15, 0.2) is 0 Å². The van der Waals surface area contributed by atoms with Gasteiger partial charge in [0.2, 0.25) is 0 Å². The standard InChI is InChI=1S/C16H23N3O2/c1-12(2)19-8-7-14(18-19)11-17-10-13-5-6-15(20-3)9-16(13)21-4/h5-9,12,17H,10-11H2,1-4H3. The maximum atomic E-state index is 5.39. The molecule has 0 aliphatic heterocycles. The number of methoxy groups -OCH3 is 2. The summed E-state index contributed by atoms with van der Waals surface area (Å²) in [6.07, 6.45) is 2.01. The molecule has 2 rings (SSSR count). The highest BCUT2D eigenvalue weighted by molar-refractivity contribution is 5.40. The van der Waals surface area contributed by atoms with Crippen LogP contribution in [0, 0.1) is 0 Å². The van der Waals surface area contributed by atoms with Gasteiger partial charge in [-0.3, -0.25) is 4.68 Å². The van der Waals surface area contributed by atoms with Crippen molar-refractivity contribution in [3.63, 3.8) is 0 Å². The maximum absolute atomic E-state index is 5.39. The van der Waals surface area contributed by atoms with Crippen LogP contribution in [0.2, 0.25) is 0 Å². The minimum absolute atomic E-state index is 0.389. The highest BCUT2D eigenvalue weighted by Gasteiger charge is 2.06. The summed E-state index contributed by atoms with van der Waals surface area (Å²) in [7, 11) is 3.32. The molecule has 0 amide bonds. The Morgan fingerprint density at radius 1 is 1.14 bits per heavy atom. The first-order valence-electron chi connectivity index (χ1n) is 7.09. The first-order chi connectivity index (χ1) is 10.1. The van der Waals surface area contributed by atoms with Crippen molar-refractivity contribution in [3.05, 3.63) is 41.7 Å². The van der Waals surface area contributed by atoms with Crippen LogP contribution in [0.1, 0.15) is 31.1 Å². The van der Waals surface area contributed by atoms with Gasteiger partial charge in [-0.2, -0.15) is 5.10 Å². The third kappa shape index (κ3) is 3.98. The Morgan fingerprint density at radius 3 is 2.57 bits per heavy atom. The summed E-state index contributed by atoms with van der Waals surface area (Å²) in [4.78, 5) is 0. The van der Waals surface area contributed by atoms with E-state index in [0.29, 0.717) is 6.04 Å². The van der Waals surface area contributed by atoms with Crippen molar-refractivity contribution < 1.29 is 9.47 Å². The van der Waals surface area contributed by atoms with Crippen molar-refractivity contribution in [3.8, 4) is 11.5 Å². The van der Waals surface area contributed by atoms with Gasteiger partial charge in [-0.1, -0.05) is 6.07 Å². The lowest BCUT2D eigenvalue weighted by molar-refractivity contribution is 0.389. The third-order valence-corrected chi connectivity index (χ3v) is 3.31. The number of benzene rings is 1. The molecule has 0 saturated carbocycles. The Bertz CT molecular complexity index is 579. The molecular weight excluding hydrogens is 266 g/mol. The molecule has 5 nitrogen and oxygen atoms in total. The Balaban J connectivity index is 1.93. The van der Waals surface area contributed by atoms with E-state index < -0.39 is 0 Å². The van der Waals surface area contributed by atoms with Crippen molar-refractivity contribution >= 4 is 0 Å². The van der Waals surface area contributed by atoms with Gasteiger partial charge in [0.05, 0.1) is 19.9 Å². The molecule has 1 N–H and O–H groups in total. The molecule has 5 heteroatoms. The fourth-order valence-corrected chi connectivity index (χ4v) is 2.08. The lowest BCUT2D eigenvalue weighted by atomic mass is 10.2. The fourth-order valence-electron chi connectivity index (χ4n) is 2.08. The topological polar surface area (TPSA) is 48.3 Å². The molecule has 1 aromatic carbocycles. The first kappa shape index (κ1) is 15.4. The van der Waals surface area contributed by atoms with Gasteiger partial charge in [-0.05, 0) is 26.0 Å². The minimum Gasteiger partial charge on any atom is -0.497 e. The van der Waals surface area contributed by atoms with Gasteiger partial charge in [0, 0.05) is 37.0 Å². The highest BCUT2D eigenvalue weighted by atomic mass is 16.5. The molecule has 0 saturated heterocycles. The van der Waals surface area contributed by atoms with E-state index in [-0.39, 0.29) is 0 Å². The van der Waals surface area contributed by atoms with Crippen LogP contribution < -0.4 is 14.8 Å². The van der Waals surface area contributed by atoms with Crippen molar-refractivity contribution in [2.45, 2.75) is 33.0 Å². The van der Waals surface area contributed by atoms with E-state index in [1.807, 2.05) is 35.1 Å². The smallest absolute Gasteiger partial charge is 0.127 e. The molecule has 1 aromatic heterocycles. The Labute approximate surface area is 125 Å². The van der Waals surface area contributed by atoms with Crippen molar-refractivity contribution in [2.75, 3.05) is 14.2 Å². The first-order valence-corrected chi connectivity index (χ1v) is 7.09. The average molecular weight is 289 g/mol. The lowest BCUT2D eigenvalue weighted by Crippen LogP contribution is -2.14. The van der Waals surface area contributed by atoms with E-state index >= 15 is 0 Å². The second-order valence-electron chi connectivity index (χ2n) is 5.16. The molecule has 0 atom stereocenters. The van der Waals surface area contributed by atoms with E-state index in [9.17, 15) is 0 Å². The largest absolute Gasteiger partial charge is 0.497 e. The summed E-state index contributed by atoms with van der Waals surface area (Å²) < 4.78 is 12.5. The predicted molar refractivity (Wildman–Crippen MR) is 82.7 cm³/mol. The van der Waals surface area contributed by atoms with Gasteiger partial charge in [-0.15, -0.1) is 0 Å². The van der Waals surface area contributed by atoms with Crippen molar-refractivity contribution in [1.82, 2.24) is 15.1 Å². The second-order valence-corrected chi connectivity index (χ2v) is 5.16. The fraction of sp³-hybridized carbons (Fsp3) is 0.438. The average Bonchev–Trinajstić information content (AvgIpc) is 2.96. The van der Waals surface area contributed by atoms with E-state index in [4.69, 9.17) is 9.47 Å². The quantitative estimate of drug-likeness (QED) is 0.851. The summed E-state index contributed by atoms with van der Waals surface area (Å²) in [5.74, 6) is 1.63. The summed E-state index contributed by atoms with van der Waals surface area (Å²) in [5, 5.41) is 7.90. The Kier molecular flexibility index (Phi) is 5.22. The number of aromatic nitrogens is 2. The van der Waals surface area contributed by atoms with Crippen molar-refractivity contribution in [2.24, 2.45) is 0 Å². The summed E-state index contributed by atoms with van der Waals surface area (Å²) >= 11 is 0. The molecule has 0 unspecified atom stereocenters. The molecule has 21 heavy (non-hydrogen) atoms. The number of nitrogens with one attached hydrogen (secondary N) is 1. The van der Waals surface area contributed by atoms with Crippen LogP contribution in [0.4, 0.5) is 0 Å². The van der Waals surface area contributed by atoms with Gasteiger partial charge in [0.25, 0.3) is 0 Å². The molecular formula is C16H23N3O2. The molecule has 2 aromatic rings. The van der Waals surface area contributed by atoms with Crippen LogP contribution in [-0.2, 0) is 13.1 Å². The van der Waals surface area contributed by atoms with Gasteiger partial charge in [0.1, 0.15) is 11.5 Å². The zero-order valence-electron chi connectivity index (χ0n) is 13.1. The van der Waals surface area contributed by atoms with Crippen LogP contribution in [-0.4, -0.2) is 24.0 Å². The third-order valence-electron chi connectivity index (χ3n) is 3.31. The summed E-state index contributed by atoms with van der Waals surface area (Å²) in [5.41, 5.74) is 2.14. The number of hydrogen-bond donors (Lipinski definition) is 1.